The van der Waals surface area contributed by atoms with E-state index in [0.29, 0.717) is 0 Å². The maximum Gasteiger partial charge on any atom is 0.0462 e. The monoisotopic (exact) mass is 309 g/mol. The first-order valence-corrected chi connectivity index (χ1v) is 8.23. The second kappa shape index (κ2) is 6.21. The van der Waals surface area contributed by atoms with Crippen molar-refractivity contribution in [1.82, 2.24) is 4.98 Å². The van der Waals surface area contributed by atoms with Crippen molar-refractivity contribution in [2.75, 3.05) is 0 Å². The summed E-state index contributed by atoms with van der Waals surface area (Å²) < 4.78 is 0. The Kier molecular flexibility index (Phi) is 3.76. The van der Waals surface area contributed by atoms with E-state index in [9.17, 15) is 0 Å². The van der Waals surface area contributed by atoms with Gasteiger partial charge in [-0.15, -0.1) is 0 Å². The molecule has 1 heterocycles. The first-order valence-electron chi connectivity index (χ1n) is 8.23. The number of para-hydroxylation sites is 1. The fourth-order valence-electron chi connectivity index (χ4n) is 3.20. The second-order valence-corrected chi connectivity index (χ2v) is 6.00. The van der Waals surface area contributed by atoms with E-state index in [0.717, 1.165) is 0 Å². The molecule has 1 aromatic heterocycles. The second-order valence-electron chi connectivity index (χ2n) is 6.00. The van der Waals surface area contributed by atoms with Crippen LogP contribution in [0.1, 0.15) is 22.4 Å². The van der Waals surface area contributed by atoms with E-state index >= 15 is 0 Å². The number of aromatic amines is 1. The van der Waals surface area contributed by atoms with Crippen molar-refractivity contribution < 1.29 is 0 Å². The van der Waals surface area contributed by atoms with Crippen molar-refractivity contribution in [2.24, 2.45) is 0 Å². The lowest BCUT2D eigenvalue weighted by Crippen LogP contribution is -1.88. The molecule has 0 spiro atoms. The zero-order chi connectivity index (χ0) is 16.4. The fraction of sp³-hybridized carbons (Fsp3) is 0.0435. The molecule has 0 aliphatic carbocycles. The molecule has 0 saturated heterocycles. The van der Waals surface area contributed by atoms with E-state index in [1.54, 1.807) is 0 Å². The molecule has 1 heteroatoms. The zero-order valence-corrected chi connectivity index (χ0v) is 13.7. The molecule has 0 radical (unpaired) electrons. The van der Waals surface area contributed by atoms with Gasteiger partial charge in [0.1, 0.15) is 0 Å². The topological polar surface area (TPSA) is 15.8 Å². The molecule has 0 unspecified atom stereocenters. The quantitative estimate of drug-likeness (QED) is 0.473. The van der Waals surface area contributed by atoms with Gasteiger partial charge in [0.05, 0.1) is 0 Å². The van der Waals surface area contributed by atoms with E-state index in [4.69, 9.17) is 0 Å². The fourth-order valence-corrected chi connectivity index (χ4v) is 3.20. The minimum atomic E-state index is 1.18. The summed E-state index contributed by atoms with van der Waals surface area (Å²) in [5, 5.41) is 1.26. The van der Waals surface area contributed by atoms with Gasteiger partial charge in [0.25, 0.3) is 0 Å². The first-order chi connectivity index (χ1) is 11.8. The summed E-state index contributed by atoms with van der Waals surface area (Å²) in [5.74, 6) is 0. The van der Waals surface area contributed by atoms with Gasteiger partial charge in [-0.25, -0.2) is 0 Å². The average Bonchev–Trinajstić information content (AvgIpc) is 2.96. The number of H-pyrrole nitrogens is 1. The van der Waals surface area contributed by atoms with Crippen LogP contribution in [0.25, 0.3) is 22.6 Å². The van der Waals surface area contributed by atoms with Crippen LogP contribution in [0.3, 0.4) is 0 Å². The van der Waals surface area contributed by atoms with E-state index in [2.05, 4.69) is 103 Å². The Morgan fingerprint density at radius 3 is 1.88 bits per heavy atom. The Hall–Kier alpha value is -3.06. The van der Waals surface area contributed by atoms with Crippen molar-refractivity contribution >= 4 is 22.6 Å². The molecular formula is C23H19N. The molecule has 0 atom stereocenters. The number of aromatic nitrogens is 1. The third-order valence-electron chi connectivity index (χ3n) is 4.40. The lowest BCUT2D eigenvalue weighted by Gasteiger charge is -2.09. The highest BCUT2D eigenvalue weighted by molar-refractivity contribution is 5.99. The molecule has 4 aromatic rings. The number of aryl methyl sites for hydroxylation is 1. The van der Waals surface area contributed by atoms with Crippen LogP contribution in [0.15, 0.2) is 84.9 Å². The molecule has 0 aliphatic heterocycles. The minimum absolute atomic E-state index is 1.18. The summed E-state index contributed by atoms with van der Waals surface area (Å²) in [4.78, 5) is 3.49. The Morgan fingerprint density at radius 1 is 0.708 bits per heavy atom. The number of benzene rings is 3. The maximum absolute atomic E-state index is 3.49. The average molecular weight is 309 g/mol. The van der Waals surface area contributed by atoms with Crippen molar-refractivity contribution in [3.63, 3.8) is 0 Å². The highest BCUT2D eigenvalue weighted by Crippen LogP contribution is 2.30. The van der Waals surface area contributed by atoms with Crippen molar-refractivity contribution in [3.05, 3.63) is 107 Å². The lowest BCUT2D eigenvalue weighted by molar-refractivity contribution is 1.29. The maximum atomic E-state index is 3.49. The van der Waals surface area contributed by atoms with Gasteiger partial charge in [-0.2, -0.15) is 0 Å². The molecule has 1 nitrogen and oxygen atoms in total. The third kappa shape index (κ3) is 2.65. The van der Waals surface area contributed by atoms with Crippen molar-refractivity contribution in [2.45, 2.75) is 6.92 Å². The van der Waals surface area contributed by atoms with Gasteiger partial charge in [0.2, 0.25) is 0 Å². The smallest absolute Gasteiger partial charge is 0.0462 e. The molecule has 24 heavy (non-hydrogen) atoms. The summed E-state index contributed by atoms with van der Waals surface area (Å²) >= 11 is 0. The Bertz CT molecular complexity index is 951. The number of hydrogen-bond donors (Lipinski definition) is 1. The first kappa shape index (κ1) is 14.5. The molecule has 0 aliphatic rings. The normalized spacial score (nSPS) is 10.7. The van der Waals surface area contributed by atoms with Crippen molar-refractivity contribution in [3.8, 4) is 0 Å². The lowest BCUT2D eigenvalue weighted by atomic mass is 9.95. The highest BCUT2D eigenvalue weighted by Gasteiger charge is 2.10. The van der Waals surface area contributed by atoms with Crippen LogP contribution in [0.5, 0.6) is 0 Å². The van der Waals surface area contributed by atoms with Gasteiger partial charge in [0, 0.05) is 22.2 Å². The number of nitrogens with one attached hydrogen (secondary N) is 1. The van der Waals surface area contributed by atoms with Crippen LogP contribution in [-0.4, -0.2) is 4.98 Å². The third-order valence-corrected chi connectivity index (χ3v) is 4.40. The van der Waals surface area contributed by atoms with Gasteiger partial charge < -0.3 is 4.98 Å². The van der Waals surface area contributed by atoms with Crippen LogP contribution in [0, 0.1) is 6.92 Å². The minimum Gasteiger partial charge on any atom is -0.358 e. The summed E-state index contributed by atoms with van der Waals surface area (Å²) in [6.07, 6.45) is 2.30. The number of rotatable bonds is 3. The van der Waals surface area contributed by atoms with Gasteiger partial charge in [-0.1, -0.05) is 78.9 Å². The SMILES string of the molecule is Cc1[nH]c2ccccc2c1C=C(c1ccccc1)c1ccccc1. The van der Waals surface area contributed by atoms with Gasteiger partial charge in [0.15, 0.2) is 0 Å². The molecule has 116 valence electrons. The predicted octanol–water partition coefficient (Wildman–Crippen LogP) is 6.07. The van der Waals surface area contributed by atoms with E-state index in [1.807, 2.05) is 0 Å². The molecular weight excluding hydrogens is 290 g/mol. The van der Waals surface area contributed by atoms with E-state index < -0.39 is 0 Å². The molecule has 0 fully saturated rings. The molecule has 0 amide bonds. The summed E-state index contributed by atoms with van der Waals surface area (Å²) in [6.45, 7) is 2.14. The van der Waals surface area contributed by atoms with Crippen LogP contribution in [0.2, 0.25) is 0 Å². The summed E-state index contributed by atoms with van der Waals surface area (Å²) in [5.41, 5.74) is 7.33. The summed E-state index contributed by atoms with van der Waals surface area (Å²) in [7, 11) is 0. The van der Waals surface area contributed by atoms with Crippen LogP contribution in [0.4, 0.5) is 0 Å². The van der Waals surface area contributed by atoms with Crippen molar-refractivity contribution in [1.29, 1.82) is 0 Å². The Morgan fingerprint density at radius 2 is 1.25 bits per heavy atom. The van der Waals surface area contributed by atoms with Crippen LogP contribution >= 0.6 is 0 Å². The summed E-state index contributed by atoms with van der Waals surface area (Å²) in [6, 6.07) is 29.6. The molecule has 4 rings (SSSR count). The zero-order valence-electron chi connectivity index (χ0n) is 13.7. The molecule has 3 aromatic carbocycles. The van der Waals surface area contributed by atoms with Gasteiger partial charge in [-0.3, -0.25) is 0 Å². The molecule has 0 saturated carbocycles. The predicted molar refractivity (Wildman–Crippen MR) is 103 cm³/mol. The number of hydrogen-bond acceptors (Lipinski definition) is 0. The van der Waals surface area contributed by atoms with Crippen LogP contribution < -0.4 is 0 Å². The van der Waals surface area contributed by atoms with E-state index in [-0.39, 0.29) is 0 Å². The Balaban J connectivity index is 1.96. The number of fused-ring (bicyclic) bond motifs is 1. The molecule has 1 N–H and O–H groups in total. The van der Waals surface area contributed by atoms with Gasteiger partial charge >= 0.3 is 0 Å². The van der Waals surface area contributed by atoms with E-state index in [1.165, 1.54) is 38.9 Å². The van der Waals surface area contributed by atoms with Crippen LogP contribution in [-0.2, 0) is 0 Å². The largest absolute Gasteiger partial charge is 0.358 e. The standard InChI is InChI=1S/C23H19N/c1-17-21(20-14-8-9-15-23(20)24-17)16-22(18-10-4-2-5-11-18)19-12-6-3-7-13-19/h2-16,24H,1H3. The molecule has 0 bridgehead atoms. The Labute approximate surface area is 142 Å². The van der Waals surface area contributed by atoms with Gasteiger partial charge in [-0.05, 0) is 35.8 Å². The highest BCUT2D eigenvalue weighted by atomic mass is 14.7.